The van der Waals surface area contributed by atoms with Gasteiger partial charge in [0.2, 0.25) is 0 Å². The van der Waals surface area contributed by atoms with Gasteiger partial charge in [-0.1, -0.05) is 0 Å². The molecule has 2 aliphatic rings. The average molecular weight is 210 g/mol. The summed E-state index contributed by atoms with van der Waals surface area (Å²) in [7, 11) is 1.38. The molecule has 5 heteroatoms. The molecule has 0 aromatic heterocycles. The number of hydrogen-bond donors (Lipinski definition) is 1. The summed E-state index contributed by atoms with van der Waals surface area (Å²) in [5.74, 6) is -0.178. The van der Waals surface area contributed by atoms with E-state index in [0.29, 0.717) is 6.42 Å². The molecule has 2 saturated heterocycles. The van der Waals surface area contributed by atoms with Crippen LogP contribution in [0.5, 0.6) is 0 Å². The maximum atomic E-state index is 11.5. The topological polar surface area (TPSA) is 71.3 Å². The van der Waals surface area contributed by atoms with E-state index in [-0.39, 0.29) is 30.1 Å². The van der Waals surface area contributed by atoms with Crippen LogP contribution in [0.3, 0.4) is 0 Å². The Bertz CT molecular complexity index is 300. The van der Waals surface area contributed by atoms with Crippen LogP contribution in [0.4, 0.5) is 0 Å². The van der Waals surface area contributed by atoms with Crippen molar-refractivity contribution >= 4 is 5.97 Å². The van der Waals surface area contributed by atoms with E-state index >= 15 is 0 Å². The summed E-state index contributed by atoms with van der Waals surface area (Å²) in [4.78, 5) is 11.5. The third kappa shape index (κ3) is 1.83. The van der Waals surface area contributed by atoms with Gasteiger partial charge in [0.05, 0.1) is 19.3 Å². The number of esters is 1. The van der Waals surface area contributed by atoms with Gasteiger partial charge in [0.1, 0.15) is 12.1 Å². The lowest BCUT2D eigenvalue weighted by atomic mass is 9.86. The van der Waals surface area contributed by atoms with Crippen molar-refractivity contribution in [2.24, 2.45) is 5.92 Å². The number of carbonyl (C=O) groups is 1. The fourth-order valence-corrected chi connectivity index (χ4v) is 2.40. The number of methoxy groups -OCH3 is 1. The Kier molecular flexibility index (Phi) is 2.89. The molecule has 0 amide bonds. The van der Waals surface area contributed by atoms with Crippen LogP contribution in [-0.2, 0) is 14.3 Å². The minimum Gasteiger partial charge on any atom is -0.468 e. The smallest absolute Gasteiger partial charge is 0.323 e. The van der Waals surface area contributed by atoms with Crippen LogP contribution in [0, 0.1) is 17.2 Å². The van der Waals surface area contributed by atoms with Gasteiger partial charge >= 0.3 is 5.97 Å². The molecule has 2 rings (SSSR count). The molecule has 0 bridgehead atoms. The van der Waals surface area contributed by atoms with Gasteiger partial charge in [-0.15, -0.1) is 0 Å². The summed E-state index contributed by atoms with van der Waals surface area (Å²) in [6, 6.07) is 1.78. The summed E-state index contributed by atoms with van der Waals surface area (Å²) in [5, 5.41) is 11.9. The van der Waals surface area contributed by atoms with Gasteiger partial charge in [0, 0.05) is 5.92 Å². The maximum absolute atomic E-state index is 11.5. The SMILES string of the molecule is COC(=O)C1NCCC2OC(C#N)CC21. The summed E-state index contributed by atoms with van der Waals surface area (Å²) in [5.41, 5.74) is 0. The van der Waals surface area contributed by atoms with Crippen molar-refractivity contribution in [3.63, 3.8) is 0 Å². The monoisotopic (exact) mass is 210 g/mol. The van der Waals surface area contributed by atoms with Gasteiger partial charge in [-0.25, -0.2) is 0 Å². The van der Waals surface area contributed by atoms with Gasteiger partial charge in [-0.3, -0.25) is 4.79 Å². The number of nitriles is 1. The van der Waals surface area contributed by atoms with Crippen LogP contribution < -0.4 is 5.32 Å². The molecule has 4 atom stereocenters. The number of carbonyl (C=O) groups excluding carboxylic acids is 1. The molecule has 0 aromatic rings. The van der Waals surface area contributed by atoms with Crippen LogP contribution in [-0.4, -0.2) is 37.9 Å². The Hall–Kier alpha value is -1.12. The van der Waals surface area contributed by atoms with Crippen LogP contribution in [0.25, 0.3) is 0 Å². The average Bonchev–Trinajstić information content (AvgIpc) is 2.70. The highest BCUT2D eigenvalue weighted by atomic mass is 16.5. The van der Waals surface area contributed by atoms with Gasteiger partial charge in [-0.05, 0) is 19.4 Å². The predicted octanol–water partition coefficient (Wildman–Crippen LogP) is -0.181. The molecule has 0 spiro atoms. The normalized spacial score (nSPS) is 39.2. The third-order valence-electron chi connectivity index (χ3n) is 3.12. The Balaban J connectivity index is 2.09. The van der Waals surface area contributed by atoms with E-state index in [1.165, 1.54) is 7.11 Å². The molecule has 0 aliphatic carbocycles. The van der Waals surface area contributed by atoms with Crippen LogP contribution in [0.15, 0.2) is 0 Å². The van der Waals surface area contributed by atoms with Crippen molar-refractivity contribution in [3.8, 4) is 6.07 Å². The van der Waals surface area contributed by atoms with E-state index in [1.54, 1.807) is 0 Å². The standard InChI is InChI=1S/C10H14N2O3/c1-14-10(13)9-7-4-6(5-11)15-8(7)2-3-12-9/h6-9,12H,2-4H2,1H3. The highest BCUT2D eigenvalue weighted by Gasteiger charge is 2.45. The van der Waals surface area contributed by atoms with Gasteiger partial charge < -0.3 is 14.8 Å². The van der Waals surface area contributed by atoms with Gasteiger partial charge in [-0.2, -0.15) is 5.26 Å². The number of ether oxygens (including phenoxy) is 2. The summed E-state index contributed by atoms with van der Waals surface area (Å²) in [6.07, 6.45) is 1.14. The number of nitrogens with one attached hydrogen (secondary N) is 1. The lowest BCUT2D eigenvalue weighted by molar-refractivity contribution is -0.146. The number of piperidine rings is 1. The van der Waals surface area contributed by atoms with E-state index in [0.717, 1.165) is 13.0 Å². The first-order valence-electron chi connectivity index (χ1n) is 5.12. The van der Waals surface area contributed by atoms with Crippen LogP contribution in [0.1, 0.15) is 12.8 Å². The summed E-state index contributed by atoms with van der Waals surface area (Å²) >= 11 is 0. The molecule has 0 saturated carbocycles. The Morgan fingerprint density at radius 3 is 3.13 bits per heavy atom. The minimum absolute atomic E-state index is 0.0278. The Morgan fingerprint density at radius 2 is 2.47 bits per heavy atom. The first-order valence-corrected chi connectivity index (χ1v) is 5.12. The third-order valence-corrected chi connectivity index (χ3v) is 3.12. The van der Waals surface area contributed by atoms with Crippen LogP contribution in [0.2, 0.25) is 0 Å². The van der Waals surface area contributed by atoms with Crippen molar-refractivity contribution in [2.75, 3.05) is 13.7 Å². The van der Waals surface area contributed by atoms with E-state index in [4.69, 9.17) is 14.7 Å². The molecule has 2 heterocycles. The van der Waals surface area contributed by atoms with E-state index < -0.39 is 0 Å². The molecule has 4 unspecified atom stereocenters. The maximum Gasteiger partial charge on any atom is 0.323 e. The zero-order valence-electron chi connectivity index (χ0n) is 8.60. The zero-order valence-corrected chi connectivity index (χ0v) is 8.60. The van der Waals surface area contributed by atoms with Crippen molar-refractivity contribution in [3.05, 3.63) is 0 Å². The predicted molar refractivity (Wildman–Crippen MR) is 50.8 cm³/mol. The number of nitrogens with zero attached hydrogens (tertiary/aromatic N) is 1. The summed E-state index contributed by atoms with van der Waals surface area (Å²) < 4.78 is 10.3. The molecule has 1 N–H and O–H groups in total. The van der Waals surface area contributed by atoms with Crippen molar-refractivity contribution < 1.29 is 14.3 Å². The molecule has 2 aliphatic heterocycles. The highest BCUT2D eigenvalue weighted by molar-refractivity contribution is 5.76. The molecule has 82 valence electrons. The van der Waals surface area contributed by atoms with Gasteiger partial charge in [0.15, 0.2) is 0 Å². The lowest BCUT2D eigenvalue weighted by Gasteiger charge is -2.31. The first-order chi connectivity index (χ1) is 7.26. The van der Waals surface area contributed by atoms with Crippen molar-refractivity contribution in [2.45, 2.75) is 31.1 Å². The van der Waals surface area contributed by atoms with Crippen LogP contribution >= 0.6 is 0 Å². The molecule has 0 radical (unpaired) electrons. The second-order valence-electron chi connectivity index (χ2n) is 3.94. The van der Waals surface area contributed by atoms with E-state index in [1.807, 2.05) is 0 Å². The first kappa shape index (κ1) is 10.4. The van der Waals surface area contributed by atoms with Crippen molar-refractivity contribution in [1.82, 2.24) is 5.32 Å². The molecule has 5 nitrogen and oxygen atoms in total. The molecule has 15 heavy (non-hydrogen) atoms. The number of rotatable bonds is 1. The largest absolute Gasteiger partial charge is 0.468 e. The molecule has 2 fully saturated rings. The van der Waals surface area contributed by atoms with Crippen molar-refractivity contribution in [1.29, 1.82) is 5.26 Å². The number of hydrogen-bond acceptors (Lipinski definition) is 5. The fraction of sp³-hybridized carbons (Fsp3) is 0.800. The van der Waals surface area contributed by atoms with E-state index in [2.05, 4.69) is 11.4 Å². The number of fused-ring (bicyclic) bond motifs is 1. The Labute approximate surface area is 88.3 Å². The Morgan fingerprint density at radius 1 is 1.67 bits per heavy atom. The molecular formula is C10H14N2O3. The molecule has 0 aromatic carbocycles. The lowest BCUT2D eigenvalue weighted by Crippen LogP contribution is -2.51. The zero-order chi connectivity index (χ0) is 10.8. The highest BCUT2D eigenvalue weighted by Crippen LogP contribution is 2.33. The van der Waals surface area contributed by atoms with E-state index in [9.17, 15) is 4.79 Å². The van der Waals surface area contributed by atoms with Gasteiger partial charge in [0.25, 0.3) is 0 Å². The fourth-order valence-electron chi connectivity index (χ4n) is 2.40. The minimum atomic E-state index is -0.368. The summed E-state index contributed by atoms with van der Waals surface area (Å²) in [6.45, 7) is 0.735. The second kappa shape index (κ2) is 4.17. The second-order valence-corrected chi connectivity index (χ2v) is 3.94. The quantitative estimate of drug-likeness (QED) is 0.608. The molecular weight excluding hydrogens is 196 g/mol.